The van der Waals surface area contributed by atoms with Gasteiger partial charge < -0.3 is 10.1 Å². The number of hydrazone groups is 1. The van der Waals surface area contributed by atoms with Gasteiger partial charge in [-0.1, -0.05) is 60.2 Å². The third-order valence-electron chi connectivity index (χ3n) is 3.80. The number of nitrogens with zero attached hydrogens (tertiary/aromatic N) is 1. The van der Waals surface area contributed by atoms with Crippen molar-refractivity contribution in [2.75, 3.05) is 5.32 Å². The van der Waals surface area contributed by atoms with Crippen molar-refractivity contribution in [1.29, 1.82) is 0 Å². The molecule has 5 heteroatoms. The summed E-state index contributed by atoms with van der Waals surface area (Å²) in [5.41, 5.74) is 6.96. The molecule has 0 aliphatic rings. The molecule has 3 rings (SSSR count). The van der Waals surface area contributed by atoms with Gasteiger partial charge in [0.25, 0.3) is 0 Å². The lowest BCUT2D eigenvalue weighted by atomic mass is 10.1. The summed E-state index contributed by atoms with van der Waals surface area (Å²) in [6.45, 7) is 2.58. The van der Waals surface area contributed by atoms with Crippen LogP contribution < -0.4 is 15.5 Å². The van der Waals surface area contributed by atoms with Crippen molar-refractivity contribution in [3.05, 3.63) is 95.6 Å². The van der Waals surface area contributed by atoms with Crippen LogP contribution in [-0.4, -0.2) is 11.3 Å². The van der Waals surface area contributed by atoms with Crippen molar-refractivity contribution in [3.8, 4) is 5.75 Å². The Hall–Kier alpha value is -3.18. The molecule has 2 N–H and O–H groups in total. The normalized spacial score (nSPS) is 10.6. The van der Waals surface area contributed by atoms with Gasteiger partial charge in [-0.15, -0.1) is 0 Å². The third kappa shape index (κ3) is 5.94. The molecule has 27 heavy (non-hydrogen) atoms. The lowest BCUT2D eigenvalue weighted by Crippen LogP contribution is -2.23. The van der Waals surface area contributed by atoms with Gasteiger partial charge in [0.15, 0.2) is 5.11 Å². The number of para-hydroxylation sites is 2. The summed E-state index contributed by atoms with van der Waals surface area (Å²) in [5, 5.41) is 7.71. The smallest absolute Gasteiger partial charge is 0.191 e. The number of hydrogen-bond acceptors (Lipinski definition) is 3. The van der Waals surface area contributed by atoms with Crippen molar-refractivity contribution in [3.63, 3.8) is 0 Å². The Morgan fingerprint density at radius 2 is 1.78 bits per heavy atom. The lowest BCUT2D eigenvalue weighted by molar-refractivity contribution is 0.305. The molecule has 0 atom stereocenters. The van der Waals surface area contributed by atoms with Gasteiger partial charge in [0.1, 0.15) is 12.4 Å². The highest BCUT2D eigenvalue weighted by molar-refractivity contribution is 7.80. The number of hydrogen-bond donors (Lipinski definition) is 2. The first kappa shape index (κ1) is 18.6. The van der Waals surface area contributed by atoms with Crippen molar-refractivity contribution >= 4 is 29.2 Å². The number of benzene rings is 3. The maximum Gasteiger partial charge on any atom is 0.191 e. The molecule has 0 aliphatic heterocycles. The van der Waals surface area contributed by atoms with Crippen LogP contribution in [0.1, 0.15) is 16.7 Å². The molecule has 0 heterocycles. The van der Waals surface area contributed by atoms with Crippen LogP contribution in [0.15, 0.2) is 84.0 Å². The fourth-order valence-electron chi connectivity index (χ4n) is 2.52. The van der Waals surface area contributed by atoms with E-state index in [4.69, 9.17) is 17.0 Å². The number of thiocarbonyl (C=S) groups is 1. The van der Waals surface area contributed by atoms with Gasteiger partial charge in [-0.2, -0.15) is 5.10 Å². The van der Waals surface area contributed by atoms with Gasteiger partial charge in [0, 0.05) is 11.3 Å². The highest BCUT2D eigenvalue weighted by atomic mass is 32.1. The van der Waals surface area contributed by atoms with Crippen LogP contribution in [0, 0.1) is 6.92 Å². The molecule has 0 amide bonds. The molecule has 0 aromatic heterocycles. The zero-order chi connectivity index (χ0) is 18.9. The molecule has 4 nitrogen and oxygen atoms in total. The molecule has 0 radical (unpaired) electrons. The van der Waals surface area contributed by atoms with E-state index in [1.807, 2.05) is 60.7 Å². The topological polar surface area (TPSA) is 45.6 Å². The summed E-state index contributed by atoms with van der Waals surface area (Å²) in [6, 6.07) is 25.7. The van der Waals surface area contributed by atoms with Gasteiger partial charge in [0.05, 0.1) is 6.21 Å². The monoisotopic (exact) mass is 375 g/mol. The quantitative estimate of drug-likeness (QED) is 0.366. The number of anilines is 1. The molecule has 3 aromatic carbocycles. The second-order valence-corrected chi connectivity index (χ2v) is 6.41. The zero-order valence-corrected chi connectivity index (χ0v) is 15.9. The number of rotatable bonds is 6. The molecule has 0 bridgehead atoms. The fraction of sp³-hybridized carbons (Fsp3) is 0.0909. The van der Waals surface area contributed by atoms with Gasteiger partial charge in [-0.05, 0) is 49.0 Å². The Kier molecular flexibility index (Phi) is 6.55. The summed E-state index contributed by atoms with van der Waals surface area (Å²) >= 11 is 5.24. The largest absolute Gasteiger partial charge is 0.488 e. The fourth-order valence-corrected chi connectivity index (χ4v) is 2.69. The number of nitrogens with one attached hydrogen (secondary N) is 2. The highest BCUT2D eigenvalue weighted by Gasteiger charge is 2.02. The van der Waals surface area contributed by atoms with Gasteiger partial charge in [-0.25, -0.2) is 0 Å². The summed E-state index contributed by atoms with van der Waals surface area (Å²) < 4.78 is 5.96. The van der Waals surface area contributed by atoms with E-state index in [2.05, 4.69) is 41.0 Å². The van der Waals surface area contributed by atoms with E-state index in [0.29, 0.717) is 11.7 Å². The van der Waals surface area contributed by atoms with Crippen LogP contribution in [0.2, 0.25) is 0 Å². The van der Waals surface area contributed by atoms with E-state index < -0.39 is 0 Å². The predicted molar refractivity (Wildman–Crippen MR) is 115 cm³/mol. The van der Waals surface area contributed by atoms with Crippen LogP contribution in [0.4, 0.5) is 5.69 Å². The van der Waals surface area contributed by atoms with Crippen molar-refractivity contribution in [2.45, 2.75) is 13.5 Å². The van der Waals surface area contributed by atoms with Gasteiger partial charge in [0.2, 0.25) is 0 Å². The van der Waals surface area contributed by atoms with Crippen LogP contribution in [0.3, 0.4) is 0 Å². The summed E-state index contributed by atoms with van der Waals surface area (Å²) in [7, 11) is 0. The molecule has 0 saturated heterocycles. The maximum absolute atomic E-state index is 5.96. The number of ether oxygens (including phenoxy) is 1. The first-order valence-electron chi connectivity index (χ1n) is 8.63. The third-order valence-corrected chi connectivity index (χ3v) is 3.99. The van der Waals surface area contributed by atoms with Gasteiger partial charge in [-0.3, -0.25) is 5.43 Å². The molecule has 0 aliphatic carbocycles. The van der Waals surface area contributed by atoms with E-state index >= 15 is 0 Å². The number of aryl methyl sites for hydroxylation is 1. The maximum atomic E-state index is 5.96. The average Bonchev–Trinajstić information content (AvgIpc) is 2.68. The minimum atomic E-state index is 0.426. The van der Waals surface area contributed by atoms with E-state index in [-0.39, 0.29) is 0 Å². The molecule has 0 saturated carbocycles. The zero-order valence-electron chi connectivity index (χ0n) is 15.1. The molecule has 0 spiro atoms. The minimum Gasteiger partial charge on any atom is -0.488 e. The first-order chi connectivity index (χ1) is 13.2. The summed E-state index contributed by atoms with van der Waals surface area (Å²) in [5.74, 6) is 0.770. The van der Waals surface area contributed by atoms with E-state index in [0.717, 1.165) is 22.6 Å². The molecule has 136 valence electrons. The van der Waals surface area contributed by atoms with Crippen LogP contribution >= 0.6 is 12.2 Å². The van der Waals surface area contributed by atoms with E-state index in [1.165, 1.54) is 5.56 Å². The molecule has 0 unspecified atom stereocenters. The SMILES string of the molecule is Cc1cccc(COc2ccccc2/C=N/NC(=S)Nc2ccccc2)c1. The molecule has 3 aromatic rings. The Bertz CT molecular complexity index is 926. The standard InChI is InChI=1S/C22H21N3OS/c1-17-8-7-9-18(14-17)16-26-21-13-6-5-10-19(21)15-23-25-22(27)24-20-11-3-2-4-12-20/h2-15H,16H2,1H3,(H2,24,25,27)/b23-15+. The highest BCUT2D eigenvalue weighted by Crippen LogP contribution is 2.18. The summed E-state index contributed by atoms with van der Waals surface area (Å²) in [6.07, 6.45) is 1.70. The predicted octanol–water partition coefficient (Wildman–Crippen LogP) is 4.89. The Morgan fingerprint density at radius 1 is 1.00 bits per heavy atom. The Labute approximate surface area is 164 Å². The molecular weight excluding hydrogens is 354 g/mol. The molecule has 0 fully saturated rings. The van der Waals surface area contributed by atoms with Crippen LogP contribution in [0.5, 0.6) is 5.75 Å². The second-order valence-electron chi connectivity index (χ2n) is 6.01. The molecular formula is C22H21N3OS. The van der Waals surface area contributed by atoms with Crippen LogP contribution in [-0.2, 0) is 6.61 Å². The van der Waals surface area contributed by atoms with E-state index in [1.54, 1.807) is 6.21 Å². The van der Waals surface area contributed by atoms with Crippen LogP contribution in [0.25, 0.3) is 0 Å². The average molecular weight is 375 g/mol. The second kappa shape index (κ2) is 9.50. The summed E-state index contributed by atoms with van der Waals surface area (Å²) in [4.78, 5) is 0. The van der Waals surface area contributed by atoms with Gasteiger partial charge >= 0.3 is 0 Å². The van der Waals surface area contributed by atoms with Crippen molar-refractivity contribution < 1.29 is 4.74 Å². The minimum absolute atomic E-state index is 0.426. The van der Waals surface area contributed by atoms with Crippen molar-refractivity contribution in [2.24, 2.45) is 5.10 Å². The van der Waals surface area contributed by atoms with Crippen molar-refractivity contribution in [1.82, 2.24) is 5.43 Å². The Balaban J connectivity index is 1.58. The Morgan fingerprint density at radius 3 is 2.59 bits per heavy atom. The lowest BCUT2D eigenvalue weighted by Gasteiger charge is -2.10. The van der Waals surface area contributed by atoms with E-state index in [9.17, 15) is 0 Å². The first-order valence-corrected chi connectivity index (χ1v) is 9.04.